The maximum atomic E-state index is 13.1. The quantitative estimate of drug-likeness (QED) is 0.0949. The Hall–Kier alpha value is -7.93. The minimum absolute atomic E-state index is 0.0250. The van der Waals surface area contributed by atoms with Gasteiger partial charge in [0.1, 0.15) is 23.0 Å². The van der Waals surface area contributed by atoms with E-state index in [4.69, 9.17) is 19.7 Å². The van der Waals surface area contributed by atoms with E-state index in [2.05, 4.69) is 15.9 Å². The molecule has 0 saturated carbocycles. The SMILES string of the molecule is CC(=O)c1ccc(-c2ccccc2C(F)(F)F)c(O)c1.CC(=O)c1ccc(Br)c(O)c1.COc1cc(C(=O)O)ccc1-c1ccccc1C(F)(F)F.COc1cc(C(C)=O)ccc1-c1ccccc1C(F)(F)F. The number of benzene rings is 7. The fourth-order valence-corrected chi connectivity index (χ4v) is 7.03. The Bertz CT molecular complexity index is 3010. The summed E-state index contributed by atoms with van der Waals surface area (Å²) >= 11 is 3.12. The molecule has 0 aliphatic heterocycles. The molecule has 0 unspecified atom stereocenters. The van der Waals surface area contributed by atoms with Crippen LogP contribution in [0.3, 0.4) is 0 Å². The molecule has 0 amide bonds. The average Bonchev–Trinajstić information content (AvgIpc) is 3.34. The molecule has 0 heterocycles. The van der Waals surface area contributed by atoms with Crippen LogP contribution < -0.4 is 9.47 Å². The predicted octanol–water partition coefficient (Wildman–Crippen LogP) is 15.3. The maximum absolute atomic E-state index is 13.1. The summed E-state index contributed by atoms with van der Waals surface area (Å²) in [7, 11) is 2.64. The van der Waals surface area contributed by atoms with Crippen LogP contribution in [0, 0.1) is 0 Å². The summed E-state index contributed by atoms with van der Waals surface area (Å²) in [4.78, 5) is 44.2. The lowest BCUT2D eigenvalue weighted by Gasteiger charge is -2.15. The van der Waals surface area contributed by atoms with Crippen LogP contribution in [0.1, 0.15) is 78.9 Å². The lowest BCUT2D eigenvalue weighted by atomic mass is 9.96. The minimum Gasteiger partial charge on any atom is -0.507 e. The van der Waals surface area contributed by atoms with Crippen LogP contribution in [0.2, 0.25) is 0 Å². The number of carbonyl (C=O) groups is 4. The number of hydrogen-bond acceptors (Lipinski definition) is 8. The Balaban J connectivity index is 0.000000216. The molecule has 0 fully saturated rings. The van der Waals surface area contributed by atoms with Gasteiger partial charge in [0.25, 0.3) is 0 Å². The number of carbonyl (C=O) groups excluding carboxylic acids is 3. The van der Waals surface area contributed by atoms with E-state index in [-0.39, 0.29) is 79.3 Å². The third-order valence-corrected chi connectivity index (χ3v) is 11.1. The lowest BCUT2D eigenvalue weighted by Crippen LogP contribution is -2.07. The van der Waals surface area contributed by atoms with Crippen molar-refractivity contribution in [3.63, 3.8) is 0 Å². The number of halogens is 10. The average molecular weight is 1090 g/mol. The van der Waals surface area contributed by atoms with Crippen molar-refractivity contribution in [3.8, 4) is 56.4 Å². The predicted molar refractivity (Wildman–Crippen MR) is 258 cm³/mol. The second-order valence-electron chi connectivity index (χ2n) is 15.3. The van der Waals surface area contributed by atoms with Gasteiger partial charge in [-0.05, 0) is 126 Å². The van der Waals surface area contributed by atoms with E-state index in [1.807, 2.05) is 0 Å². The summed E-state index contributed by atoms with van der Waals surface area (Å²) in [6.07, 6.45) is -13.5. The molecule has 0 aliphatic carbocycles. The number of methoxy groups -OCH3 is 2. The maximum Gasteiger partial charge on any atom is 0.417 e. The summed E-state index contributed by atoms with van der Waals surface area (Å²) in [6.45, 7) is 4.17. The largest absolute Gasteiger partial charge is 0.507 e. The van der Waals surface area contributed by atoms with Crippen LogP contribution in [0.5, 0.6) is 23.0 Å². The molecular formula is C54H42BrF9O9. The van der Waals surface area contributed by atoms with E-state index in [1.54, 1.807) is 12.1 Å². The molecule has 0 spiro atoms. The lowest BCUT2D eigenvalue weighted by molar-refractivity contribution is -0.137. The molecule has 0 atom stereocenters. The van der Waals surface area contributed by atoms with Crippen LogP contribution in [0.4, 0.5) is 39.5 Å². The number of ether oxygens (including phenoxy) is 2. The van der Waals surface area contributed by atoms with Crippen molar-refractivity contribution in [1.82, 2.24) is 0 Å². The standard InChI is InChI=1S/C16H13F3O2.C15H11F3O3.C15H11F3O2.C8H7BrO2/c1-10(20)11-7-8-13(15(9-11)21-2)12-5-3-4-6-14(12)16(17,18)19;1-21-13-8-9(14(19)20)6-7-11(13)10-4-2-3-5-12(10)15(16,17)18;1-9(19)10-6-7-12(14(20)8-10)11-4-2-3-5-13(11)15(16,17)18;1-5(10)6-2-3-7(9)8(11)4-6/h3-9H,1-2H3;2-8H,1H3,(H,19,20);2-8,20H,1H3;2-4,11H,1H3. The highest BCUT2D eigenvalue weighted by atomic mass is 79.9. The first-order valence-electron chi connectivity index (χ1n) is 21.0. The van der Waals surface area contributed by atoms with Gasteiger partial charge in [0.05, 0.1) is 40.9 Å². The Morgan fingerprint density at radius 1 is 0.411 bits per heavy atom. The normalized spacial score (nSPS) is 11.1. The highest BCUT2D eigenvalue weighted by Gasteiger charge is 2.36. The molecule has 19 heteroatoms. The second kappa shape index (κ2) is 24.5. The van der Waals surface area contributed by atoms with Gasteiger partial charge in [-0.25, -0.2) is 4.79 Å². The zero-order valence-corrected chi connectivity index (χ0v) is 40.5. The second-order valence-corrected chi connectivity index (χ2v) is 16.2. The fourth-order valence-electron chi connectivity index (χ4n) is 6.79. The molecule has 382 valence electrons. The summed E-state index contributed by atoms with van der Waals surface area (Å²) in [6, 6.07) is 32.1. The zero-order valence-electron chi connectivity index (χ0n) is 38.9. The van der Waals surface area contributed by atoms with E-state index < -0.39 is 41.2 Å². The molecule has 0 aromatic heterocycles. The van der Waals surface area contributed by atoms with Gasteiger partial charge in [0, 0.05) is 33.4 Å². The van der Waals surface area contributed by atoms with Crippen molar-refractivity contribution in [2.75, 3.05) is 14.2 Å². The summed E-state index contributed by atoms with van der Waals surface area (Å²) < 4.78 is 128. The number of rotatable bonds is 9. The minimum atomic E-state index is -4.51. The molecule has 0 aliphatic rings. The molecule has 7 aromatic rings. The number of hydrogen-bond donors (Lipinski definition) is 3. The van der Waals surface area contributed by atoms with Crippen molar-refractivity contribution in [2.24, 2.45) is 0 Å². The van der Waals surface area contributed by atoms with Gasteiger partial charge in [-0.3, -0.25) is 14.4 Å². The Kier molecular flexibility index (Phi) is 19.3. The molecule has 73 heavy (non-hydrogen) atoms. The van der Waals surface area contributed by atoms with Gasteiger partial charge < -0.3 is 24.8 Å². The number of phenols is 2. The van der Waals surface area contributed by atoms with Crippen LogP contribution in [-0.4, -0.2) is 52.9 Å². The van der Waals surface area contributed by atoms with Crippen molar-refractivity contribution >= 4 is 39.2 Å². The Morgan fingerprint density at radius 3 is 1.04 bits per heavy atom. The number of aromatic hydroxyl groups is 2. The number of carboxylic acids is 1. The number of alkyl halides is 9. The highest BCUT2D eigenvalue weighted by molar-refractivity contribution is 9.10. The molecule has 0 bridgehead atoms. The number of phenolic OH excluding ortho intramolecular Hbond substituents is 2. The number of ketones is 3. The van der Waals surface area contributed by atoms with E-state index in [1.165, 1.54) is 150 Å². The fraction of sp³-hybridized carbons (Fsp3) is 0.148. The van der Waals surface area contributed by atoms with Crippen LogP contribution >= 0.6 is 15.9 Å². The van der Waals surface area contributed by atoms with Crippen LogP contribution in [0.25, 0.3) is 33.4 Å². The summed E-state index contributed by atoms with van der Waals surface area (Å²) in [5.74, 6) is -1.62. The molecule has 7 rings (SSSR count). The van der Waals surface area contributed by atoms with Gasteiger partial charge in [0.2, 0.25) is 0 Å². The van der Waals surface area contributed by atoms with Gasteiger partial charge in [-0.1, -0.05) is 72.8 Å². The molecule has 7 aromatic carbocycles. The van der Waals surface area contributed by atoms with E-state index >= 15 is 0 Å². The van der Waals surface area contributed by atoms with Gasteiger partial charge in [-0.15, -0.1) is 0 Å². The zero-order chi connectivity index (χ0) is 54.6. The molecule has 0 saturated heterocycles. The third-order valence-electron chi connectivity index (χ3n) is 10.4. The van der Waals surface area contributed by atoms with Gasteiger partial charge >= 0.3 is 24.5 Å². The monoisotopic (exact) mass is 1080 g/mol. The highest BCUT2D eigenvalue weighted by Crippen LogP contribution is 2.43. The molecule has 3 N–H and O–H groups in total. The molecule has 0 radical (unpaired) electrons. The van der Waals surface area contributed by atoms with Crippen molar-refractivity contribution in [3.05, 3.63) is 189 Å². The van der Waals surface area contributed by atoms with Crippen LogP contribution in [0.15, 0.2) is 150 Å². The first kappa shape index (κ1) is 57.6. The summed E-state index contributed by atoms with van der Waals surface area (Å²) in [5, 5.41) is 27.9. The Labute approximate surface area is 420 Å². The van der Waals surface area contributed by atoms with E-state index in [9.17, 15) is 63.8 Å². The van der Waals surface area contributed by atoms with Crippen molar-refractivity contribution < 1.29 is 83.5 Å². The number of Topliss-reactive ketones (excluding diaryl/α,β-unsaturated/α-hetero) is 3. The van der Waals surface area contributed by atoms with E-state index in [0.29, 0.717) is 21.2 Å². The number of carboxylic acid groups (broad SMARTS) is 1. The summed E-state index contributed by atoms with van der Waals surface area (Å²) in [5.41, 5.74) is -0.880. The smallest absolute Gasteiger partial charge is 0.417 e. The van der Waals surface area contributed by atoms with Gasteiger partial charge in [0.15, 0.2) is 17.3 Å². The first-order chi connectivity index (χ1) is 34.1. The van der Waals surface area contributed by atoms with Crippen LogP contribution in [-0.2, 0) is 18.5 Å². The van der Waals surface area contributed by atoms with E-state index in [0.717, 1.165) is 18.2 Å². The number of aromatic carboxylic acids is 1. The topological polar surface area (TPSA) is 147 Å². The first-order valence-corrected chi connectivity index (χ1v) is 21.8. The van der Waals surface area contributed by atoms with Gasteiger partial charge in [-0.2, -0.15) is 39.5 Å². The van der Waals surface area contributed by atoms with Crippen molar-refractivity contribution in [1.29, 1.82) is 0 Å². The Morgan fingerprint density at radius 2 is 0.712 bits per heavy atom. The molecular weight excluding hydrogens is 1040 g/mol. The molecule has 9 nitrogen and oxygen atoms in total. The van der Waals surface area contributed by atoms with Crippen molar-refractivity contribution in [2.45, 2.75) is 39.3 Å². The third kappa shape index (κ3) is 15.3.